The van der Waals surface area contributed by atoms with Crippen molar-refractivity contribution < 1.29 is 14.2 Å². The predicted molar refractivity (Wildman–Crippen MR) is 93.6 cm³/mol. The summed E-state index contributed by atoms with van der Waals surface area (Å²) in [6, 6.07) is 15.7. The smallest absolute Gasteiger partial charge is 0.119 e. The van der Waals surface area contributed by atoms with Gasteiger partial charge in [-0.25, -0.2) is 4.39 Å². The Morgan fingerprint density at radius 3 is 2.00 bits per heavy atom. The summed E-state index contributed by atoms with van der Waals surface area (Å²) in [6.45, 7) is -0.836. The molecule has 2 aromatic rings. The van der Waals surface area contributed by atoms with E-state index in [4.69, 9.17) is 9.84 Å². The van der Waals surface area contributed by atoms with Crippen molar-refractivity contribution in [3.8, 4) is 5.75 Å². The Balaban J connectivity index is 1.94. The van der Waals surface area contributed by atoms with Crippen molar-refractivity contribution in [1.29, 1.82) is 0 Å². The summed E-state index contributed by atoms with van der Waals surface area (Å²) in [5, 5.41) is 9.12. The van der Waals surface area contributed by atoms with E-state index in [2.05, 4.69) is 29.2 Å². The molecule has 122 valence electrons. The van der Waals surface area contributed by atoms with Crippen LogP contribution in [-0.4, -0.2) is 38.6 Å². The molecule has 0 heterocycles. The van der Waals surface area contributed by atoms with Crippen molar-refractivity contribution in [2.24, 2.45) is 0 Å². The van der Waals surface area contributed by atoms with Gasteiger partial charge in [-0.1, -0.05) is 36.4 Å². The lowest BCUT2D eigenvalue weighted by molar-refractivity contribution is 0.0842. The van der Waals surface area contributed by atoms with E-state index < -0.39 is 12.8 Å². The van der Waals surface area contributed by atoms with Gasteiger partial charge in [0.2, 0.25) is 0 Å². The van der Waals surface area contributed by atoms with Crippen LogP contribution in [0, 0.1) is 0 Å². The Hall–Kier alpha value is -2.33. The quantitative estimate of drug-likeness (QED) is 0.792. The number of nitrogens with zero attached hydrogens (tertiary/aromatic N) is 1. The van der Waals surface area contributed by atoms with Crippen LogP contribution in [0.4, 0.5) is 10.1 Å². The molecule has 0 saturated carbocycles. The summed E-state index contributed by atoms with van der Waals surface area (Å²) in [4.78, 5) is 2.06. The number of aliphatic hydroxyl groups excluding tert-OH is 1. The van der Waals surface area contributed by atoms with E-state index in [1.54, 1.807) is 12.1 Å². The fourth-order valence-electron chi connectivity index (χ4n) is 1.99. The number of ether oxygens (including phenoxy) is 1. The van der Waals surface area contributed by atoms with Gasteiger partial charge in [-0.3, -0.25) is 0 Å². The highest BCUT2D eigenvalue weighted by Crippen LogP contribution is 2.17. The molecule has 0 aromatic heterocycles. The summed E-state index contributed by atoms with van der Waals surface area (Å²) in [5.41, 5.74) is 3.33. The highest BCUT2D eigenvalue weighted by Gasteiger charge is 2.03. The number of hydrogen-bond acceptors (Lipinski definition) is 3. The second-order valence-corrected chi connectivity index (χ2v) is 5.51. The lowest BCUT2D eigenvalue weighted by Gasteiger charge is -2.11. The van der Waals surface area contributed by atoms with E-state index in [0.717, 1.165) is 11.1 Å². The first-order chi connectivity index (χ1) is 11.1. The average Bonchev–Trinajstić information content (AvgIpc) is 2.59. The molecule has 0 aliphatic carbocycles. The standard InChI is InChI=1S/C19H22FNO2/c1-21(2)17-9-5-15(6-10-17)3-4-16-7-11-19(12-8-16)23-14-18(22)13-20/h3-12,18,22H,13-14H2,1-2H3. The number of aliphatic hydroxyl groups is 1. The van der Waals surface area contributed by atoms with Crippen LogP contribution in [0.3, 0.4) is 0 Å². The first kappa shape index (κ1) is 17.0. The second kappa shape index (κ2) is 8.34. The maximum absolute atomic E-state index is 12.1. The second-order valence-electron chi connectivity index (χ2n) is 5.51. The van der Waals surface area contributed by atoms with Gasteiger partial charge in [0.25, 0.3) is 0 Å². The van der Waals surface area contributed by atoms with Gasteiger partial charge in [-0.15, -0.1) is 0 Å². The molecule has 0 radical (unpaired) electrons. The van der Waals surface area contributed by atoms with Crippen LogP contribution in [0.15, 0.2) is 48.5 Å². The Bertz CT molecular complexity index is 621. The number of alkyl halides is 1. The lowest BCUT2D eigenvalue weighted by atomic mass is 10.1. The molecule has 0 fully saturated rings. The van der Waals surface area contributed by atoms with Crippen LogP contribution < -0.4 is 9.64 Å². The van der Waals surface area contributed by atoms with Crippen molar-refractivity contribution in [3.05, 3.63) is 59.7 Å². The molecule has 2 aromatic carbocycles. The normalized spacial score (nSPS) is 12.3. The minimum atomic E-state index is -1.07. The van der Waals surface area contributed by atoms with Crippen LogP contribution in [0.5, 0.6) is 5.75 Å². The molecule has 0 spiro atoms. The lowest BCUT2D eigenvalue weighted by Crippen LogP contribution is -2.19. The Kier molecular flexibility index (Phi) is 6.18. The number of halogens is 1. The van der Waals surface area contributed by atoms with Crippen molar-refractivity contribution in [1.82, 2.24) is 0 Å². The van der Waals surface area contributed by atoms with Gasteiger partial charge < -0.3 is 14.7 Å². The Morgan fingerprint density at radius 1 is 1.00 bits per heavy atom. The van der Waals surface area contributed by atoms with Gasteiger partial charge >= 0.3 is 0 Å². The third-order valence-electron chi connectivity index (χ3n) is 3.38. The summed E-state index contributed by atoms with van der Waals surface area (Å²) in [6.07, 6.45) is 2.99. The topological polar surface area (TPSA) is 32.7 Å². The molecule has 4 heteroatoms. The van der Waals surface area contributed by atoms with Crippen LogP contribution in [0.1, 0.15) is 11.1 Å². The number of hydrogen-bond donors (Lipinski definition) is 1. The van der Waals surface area contributed by atoms with Gasteiger partial charge in [0, 0.05) is 19.8 Å². The van der Waals surface area contributed by atoms with Crippen molar-refractivity contribution >= 4 is 17.8 Å². The molecule has 0 aliphatic rings. The minimum absolute atomic E-state index is 0.0378. The van der Waals surface area contributed by atoms with Crippen LogP contribution in [0.2, 0.25) is 0 Å². The zero-order chi connectivity index (χ0) is 16.7. The monoisotopic (exact) mass is 315 g/mol. The molecule has 0 saturated heterocycles. The molecule has 0 amide bonds. The third-order valence-corrected chi connectivity index (χ3v) is 3.38. The fourth-order valence-corrected chi connectivity index (χ4v) is 1.99. The van der Waals surface area contributed by atoms with Gasteiger partial charge in [-0.05, 0) is 35.4 Å². The van der Waals surface area contributed by atoms with E-state index in [1.165, 1.54) is 5.69 Å². The maximum atomic E-state index is 12.1. The van der Waals surface area contributed by atoms with Crippen LogP contribution in [-0.2, 0) is 0 Å². The summed E-state index contributed by atoms with van der Waals surface area (Å²) in [5.74, 6) is 0.616. The molecule has 0 aliphatic heterocycles. The third kappa shape index (κ3) is 5.42. The first-order valence-electron chi connectivity index (χ1n) is 7.51. The number of benzene rings is 2. The molecule has 0 bridgehead atoms. The highest BCUT2D eigenvalue weighted by molar-refractivity contribution is 5.70. The van der Waals surface area contributed by atoms with Crippen molar-refractivity contribution in [2.45, 2.75) is 6.10 Å². The molecule has 1 unspecified atom stereocenters. The van der Waals surface area contributed by atoms with E-state index in [9.17, 15) is 4.39 Å². The summed E-state index contributed by atoms with van der Waals surface area (Å²) in [7, 11) is 4.03. The fraction of sp³-hybridized carbons (Fsp3) is 0.263. The van der Waals surface area contributed by atoms with E-state index in [0.29, 0.717) is 5.75 Å². The summed E-state index contributed by atoms with van der Waals surface area (Å²) >= 11 is 0. The highest BCUT2D eigenvalue weighted by atomic mass is 19.1. The summed E-state index contributed by atoms with van der Waals surface area (Å²) < 4.78 is 17.4. The van der Waals surface area contributed by atoms with E-state index in [1.807, 2.05) is 38.4 Å². The molecule has 23 heavy (non-hydrogen) atoms. The zero-order valence-corrected chi connectivity index (χ0v) is 13.4. The van der Waals surface area contributed by atoms with Crippen molar-refractivity contribution in [2.75, 3.05) is 32.3 Å². The average molecular weight is 315 g/mol. The maximum Gasteiger partial charge on any atom is 0.119 e. The Labute approximate surface area is 136 Å². The van der Waals surface area contributed by atoms with Crippen LogP contribution in [0.25, 0.3) is 12.2 Å². The molecule has 1 atom stereocenters. The molecule has 3 nitrogen and oxygen atoms in total. The van der Waals surface area contributed by atoms with Gasteiger partial charge in [0.1, 0.15) is 25.1 Å². The SMILES string of the molecule is CN(C)c1ccc(C=Cc2ccc(OCC(O)CF)cc2)cc1. The number of rotatable bonds is 7. The number of anilines is 1. The van der Waals surface area contributed by atoms with E-state index >= 15 is 0 Å². The van der Waals surface area contributed by atoms with Gasteiger partial charge in [-0.2, -0.15) is 0 Å². The minimum Gasteiger partial charge on any atom is -0.491 e. The van der Waals surface area contributed by atoms with Crippen LogP contribution >= 0.6 is 0 Å². The molecular formula is C19H22FNO2. The Morgan fingerprint density at radius 2 is 1.52 bits per heavy atom. The van der Waals surface area contributed by atoms with Gasteiger partial charge in [0.05, 0.1) is 0 Å². The molecular weight excluding hydrogens is 293 g/mol. The molecule has 1 N–H and O–H groups in total. The zero-order valence-electron chi connectivity index (χ0n) is 13.4. The predicted octanol–water partition coefficient (Wildman–Crippen LogP) is 3.63. The van der Waals surface area contributed by atoms with E-state index in [-0.39, 0.29) is 6.61 Å². The van der Waals surface area contributed by atoms with Gasteiger partial charge in [0.15, 0.2) is 0 Å². The van der Waals surface area contributed by atoms with Crippen molar-refractivity contribution in [3.63, 3.8) is 0 Å². The first-order valence-corrected chi connectivity index (χ1v) is 7.51. The molecule has 2 rings (SSSR count). The largest absolute Gasteiger partial charge is 0.491 e.